The van der Waals surface area contributed by atoms with Gasteiger partial charge in [-0.25, -0.2) is 0 Å². The molecule has 0 fully saturated rings. The van der Waals surface area contributed by atoms with Crippen molar-refractivity contribution < 1.29 is 0 Å². The van der Waals surface area contributed by atoms with Gasteiger partial charge in [0.15, 0.2) is 5.82 Å². The van der Waals surface area contributed by atoms with E-state index < -0.39 is 0 Å². The van der Waals surface area contributed by atoms with Gasteiger partial charge in [0.25, 0.3) is 0 Å². The quantitative estimate of drug-likeness (QED) is 0.780. The Morgan fingerprint density at radius 2 is 2.32 bits per heavy atom. The fourth-order valence-corrected chi connectivity index (χ4v) is 2.63. The normalized spacial score (nSPS) is 12.9. The highest BCUT2D eigenvalue weighted by molar-refractivity contribution is 7.16. The summed E-state index contributed by atoms with van der Waals surface area (Å²) in [7, 11) is 0. The zero-order valence-corrected chi connectivity index (χ0v) is 11.3. The van der Waals surface area contributed by atoms with Crippen molar-refractivity contribution in [1.29, 1.82) is 0 Å². The van der Waals surface area contributed by atoms with Gasteiger partial charge in [-0.1, -0.05) is 11.3 Å². The van der Waals surface area contributed by atoms with E-state index >= 15 is 0 Å². The third-order valence-electron chi connectivity index (χ3n) is 2.77. The molecule has 3 aromatic rings. The molecule has 3 aromatic heterocycles. The van der Waals surface area contributed by atoms with Gasteiger partial charge >= 0.3 is 0 Å². The Morgan fingerprint density at radius 1 is 1.42 bits per heavy atom. The van der Waals surface area contributed by atoms with Gasteiger partial charge in [-0.2, -0.15) is 9.61 Å². The number of aromatic nitrogens is 5. The molecule has 6 nitrogen and oxygen atoms in total. The first kappa shape index (κ1) is 12.2. The Balaban J connectivity index is 1.94. The number of nitrogens with two attached hydrogens (primary N) is 1. The summed E-state index contributed by atoms with van der Waals surface area (Å²) in [6.45, 7) is 2.00. The van der Waals surface area contributed by atoms with Crippen molar-refractivity contribution in [2.45, 2.75) is 25.8 Å². The van der Waals surface area contributed by atoms with Crippen LogP contribution in [0.2, 0.25) is 0 Å². The fraction of sp³-hybridized carbons (Fsp3) is 0.333. The molecule has 19 heavy (non-hydrogen) atoms. The fourth-order valence-electron chi connectivity index (χ4n) is 1.78. The first-order chi connectivity index (χ1) is 9.24. The van der Waals surface area contributed by atoms with Gasteiger partial charge in [0.1, 0.15) is 5.01 Å². The first-order valence-corrected chi connectivity index (χ1v) is 6.93. The zero-order chi connectivity index (χ0) is 13.2. The minimum Gasteiger partial charge on any atom is -0.328 e. The topological polar surface area (TPSA) is 82.0 Å². The first-order valence-electron chi connectivity index (χ1n) is 6.11. The Kier molecular flexibility index (Phi) is 3.22. The van der Waals surface area contributed by atoms with Crippen LogP contribution in [-0.4, -0.2) is 30.8 Å². The lowest BCUT2D eigenvalue weighted by atomic mass is 10.2. The molecule has 0 radical (unpaired) electrons. The van der Waals surface area contributed by atoms with Crippen LogP contribution in [0.15, 0.2) is 24.5 Å². The maximum Gasteiger partial charge on any atom is 0.234 e. The van der Waals surface area contributed by atoms with Gasteiger partial charge in [-0.15, -0.1) is 10.2 Å². The molecular weight excluding hydrogens is 260 g/mol. The van der Waals surface area contributed by atoms with Crippen molar-refractivity contribution >= 4 is 16.3 Å². The zero-order valence-electron chi connectivity index (χ0n) is 10.5. The lowest BCUT2D eigenvalue weighted by Crippen LogP contribution is -2.15. The molecule has 0 aliphatic carbocycles. The summed E-state index contributed by atoms with van der Waals surface area (Å²) < 4.78 is 1.78. The van der Waals surface area contributed by atoms with E-state index in [2.05, 4.69) is 20.3 Å². The van der Waals surface area contributed by atoms with Crippen molar-refractivity contribution in [1.82, 2.24) is 24.8 Å². The number of fused-ring (bicyclic) bond motifs is 1. The average Bonchev–Trinajstić information content (AvgIpc) is 2.96. The smallest absolute Gasteiger partial charge is 0.234 e. The van der Waals surface area contributed by atoms with Crippen molar-refractivity contribution in [2.75, 3.05) is 0 Å². The van der Waals surface area contributed by atoms with E-state index in [1.165, 1.54) is 0 Å². The number of hydrogen-bond acceptors (Lipinski definition) is 6. The molecule has 0 saturated carbocycles. The lowest BCUT2D eigenvalue weighted by Gasteiger charge is -2.00. The molecule has 2 N–H and O–H groups in total. The molecule has 0 saturated heterocycles. The molecular formula is C12H14N6S. The highest BCUT2D eigenvalue weighted by Gasteiger charge is 2.13. The predicted molar refractivity (Wildman–Crippen MR) is 73.9 cm³/mol. The van der Waals surface area contributed by atoms with E-state index in [1.54, 1.807) is 28.2 Å². The molecule has 0 aliphatic heterocycles. The van der Waals surface area contributed by atoms with Crippen LogP contribution < -0.4 is 5.73 Å². The van der Waals surface area contributed by atoms with Crippen LogP contribution in [0.4, 0.5) is 0 Å². The van der Waals surface area contributed by atoms with E-state index in [0.717, 1.165) is 34.2 Å². The molecule has 0 spiro atoms. The molecule has 1 unspecified atom stereocenters. The summed E-state index contributed by atoms with van der Waals surface area (Å²) in [5.74, 6) is 0.728. The molecule has 98 valence electrons. The minimum atomic E-state index is 0.187. The van der Waals surface area contributed by atoms with Gasteiger partial charge in [-0.3, -0.25) is 4.98 Å². The maximum atomic E-state index is 5.76. The van der Waals surface area contributed by atoms with Crippen LogP contribution in [-0.2, 0) is 6.42 Å². The van der Waals surface area contributed by atoms with Gasteiger partial charge in [-0.05, 0) is 25.5 Å². The molecule has 3 rings (SSSR count). The summed E-state index contributed by atoms with van der Waals surface area (Å²) in [4.78, 5) is 4.90. The van der Waals surface area contributed by atoms with Gasteiger partial charge < -0.3 is 5.73 Å². The van der Waals surface area contributed by atoms with E-state index in [-0.39, 0.29) is 6.04 Å². The average molecular weight is 274 g/mol. The lowest BCUT2D eigenvalue weighted by molar-refractivity contribution is 0.659. The summed E-state index contributed by atoms with van der Waals surface area (Å²) in [5.41, 5.74) is 6.68. The van der Waals surface area contributed by atoms with E-state index in [4.69, 9.17) is 5.73 Å². The van der Waals surface area contributed by atoms with Crippen LogP contribution in [0.5, 0.6) is 0 Å². The molecule has 0 aliphatic rings. The highest BCUT2D eigenvalue weighted by Crippen LogP contribution is 2.21. The summed E-state index contributed by atoms with van der Waals surface area (Å²) in [5, 5.41) is 13.9. The summed E-state index contributed by atoms with van der Waals surface area (Å²) >= 11 is 1.56. The monoisotopic (exact) mass is 274 g/mol. The van der Waals surface area contributed by atoms with Crippen LogP contribution in [0, 0.1) is 0 Å². The van der Waals surface area contributed by atoms with E-state index in [1.807, 2.05) is 19.1 Å². The summed E-state index contributed by atoms with van der Waals surface area (Å²) in [6, 6.07) is 4.01. The third-order valence-corrected chi connectivity index (χ3v) is 3.72. The maximum absolute atomic E-state index is 5.76. The molecule has 0 amide bonds. The summed E-state index contributed by atoms with van der Waals surface area (Å²) in [6.07, 6.45) is 5.29. The second-order valence-electron chi connectivity index (χ2n) is 4.47. The van der Waals surface area contributed by atoms with Gasteiger partial charge in [0, 0.05) is 30.4 Å². The van der Waals surface area contributed by atoms with Crippen LogP contribution in [0.25, 0.3) is 16.3 Å². The van der Waals surface area contributed by atoms with Crippen molar-refractivity contribution in [3.8, 4) is 11.4 Å². The second-order valence-corrected chi connectivity index (χ2v) is 5.51. The van der Waals surface area contributed by atoms with E-state index in [0.29, 0.717) is 0 Å². The van der Waals surface area contributed by atoms with Crippen LogP contribution in [0.1, 0.15) is 18.4 Å². The van der Waals surface area contributed by atoms with Gasteiger partial charge in [0.05, 0.1) is 0 Å². The van der Waals surface area contributed by atoms with Crippen molar-refractivity contribution in [3.05, 3.63) is 29.5 Å². The van der Waals surface area contributed by atoms with Gasteiger partial charge in [0.2, 0.25) is 4.96 Å². The Hall–Kier alpha value is -1.86. The standard InChI is InChI=1S/C12H14N6S/c1-8(13)4-5-10-17-18-11(15-16-12(18)19-10)9-3-2-6-14-7-9/h2-3,6-8H,4-5,13H2,1H3. The number of nitrogens with zero attached hydrogens (tertiary/aromatic N) is 5. The molecule has 3 heterocycles. The highest BCUT2D eigenvalue weighted by atomic mass is 32.1. The third kappa shape index (κ3) is 2.47. The Bertz CT molecular complexity index is 672. The molecule has 1 atom stereocenters. The largest absolute Gasteiger partial charge is 0.328 e. The minimum absolute atomic E-state index is 0.187. The predicted octanol–water partition coefficient (Wildman–Crippen LogP) is 1.53. The molecule has 0 bridgehead atoms. The number of hydrogen-bond donors (Lipinski definition) is 1. The number of pyridine rings is 1. The molecule has 0 aromatic carbocycles. The van der Waals surface area contributed by atoms with Crippen LogP contribution in [0.3, 0.4) is 0 Å². The Labute approximate surface area is 114 Å². The second kappa shape index (κ2) is 5.02. The number of aryl methyl sites for hydroxylation is 1. The van der Waals surface area contributed by atoms with E-state index in [9.17, 15) is 0 Å². The molecule has 7 heteroatoms. The Morgan fingerprint density at radius 3 is 3.05 bits per heavy atom. The van der Waals surface area contributed by atoms with Crippen LogP contribution >= 0.6 is 11.3 Å². The van der Waals surface area contributed by atoms with Crippen molar-refractivity contribution in [3.63, 3.8) is 0 Å². The van der Waals surface area contributed by atoms with Crippen molar-refractivity contribution in [2.24, 2.45) is 5.73 Å². The number of rotatable bonds is 4. The SMILES string of the molecule is CC(N)CCc1nn2c(-c3cccnc3)nnc2s1.